The van der Waals surface area contributed by atoms with Crippen LogP contribution in [-0.4, -0.2) is 32.9 Å². The quantitative estimate of drug-likeness (QED) is 0.583. The number of carbonyl (C=O) groups is 1. The molecule has 1 aromatic heterocycles. The van der Waals surface area contributed by atoms with E-state index in [4.69, 9.17) is 4.74 Å². The molecule has 2 rings (SSSR count). The molecule has 0 bridgehead atoms. The number of carbonyl (C=O) groups excluding carboxylic acids is 1. The third-order valence-corrected chi connectivity index (χ3v) is 1.94. The van der Waals surface area contributed by atoms with Gasteiger partial charge in [0.15, 0.2) is 0 Å². The van der Waals surface area contributed by atoms with Crippen LogP contribution in [0.25, 0.3) is 11.0 Å². The van der Waals surface area contributed by atoms with Crippen LogP contribution in [0.1, 0.15) is 17.3 Å². The first kappa shape index (κ1) is 9.45. The number of ether oxygens (including phenoxy) is 1. The van der Waals surface area contributed by atoms with E-state index in [1.807, 2.05) is 0 Å². The van der Waals surface area contributed by atoms with E-state index in [1.165, 1.54) is 6.07 Å². The standard InChI is InChI=1S/C9H9N3O3/c1-2-15-9(13)6-3-4-8-7(5-6)10-11-12(8)14/h3-5,14H,2H2,1H3. The van der Waals surface area contributed by atoms with E-state index >= 15 is 0 Å². The van der Waals surface area contributed by atoms with Gasteiger partial charge < -0.3 is 9.94 Å². The molecule has 0 radical (unpaired) electrons. The van der Waals surface area contributed by atoms with Crippen molar-refractivity contribution in [2.24, 2.45) is 0 Å². The Hall–Kier alpha value is -2.11. The largest absolute Gasteiger partial charge is 0.462 e. The number of nitrogens with zero attached hydrogens (tertiary/aromatic N) is 3. The topological polar surface area (TPSA) is 77.2 Å². The van der Waals surface area contributed by atoms with Crippen molar-refractivity contribution in [1.82, 2.24) is 15.2 Å². The predicted molar refractivity (Wildman–Crippen MR) is 50.7 cm³/mol. The number of fused-ring (bicyclic) bond motifs is 1. The maximum absolute atomic E-state index is 11.4. The monoisotopic (exact) mass is 207 g/mol. The SMILES string of the molecule is CCOC(=O)c1ccc2c(c1)nnn2O. The third kappa shape index (κ3) is 1.61. The summed E-state index contributed by atoms with van der Waals surface area (Å²) in [5, 5.41) is 16.3. The Kier molecular flexibility index (Phi) is 2.24. The molecule has 78 valence electrons. The minimum Gasteiger partial charge on any atom is -0.462 e. The van der Waals surface area contributed by atoms with Crippen molar-refractivity contribution in [3.8, 4) is 0 Å². The van der Waals surface area contributed by atoms with E-state index < -0.39 is 5.97 Å². The molecule has 1 aromatic carbocycles. The Labute approximate surface area is 85.0 Å². The Morgan fingerprint density at radius 3 is 3.13 bits per heavy atom. The summed E-state index contributed by atoms with van der Waals surface area (Å²) in [4.78, 5) is 12.0. The van der Waals surface area contributed by atoms with Gasteiger partial charge in [-0.3, -0.25) is 0 Å². The number of esters is 1. The molecule has 2 aromatic rings. The molecule has 1 heterocycles. The maximum Gasteiger partial charge on any atom is 0.338 e. The van der Waals surface area contributed by atoms with Crippen molar-refractivity contribution in [3.63, 3.8) is 0 Å². The van der Waals surface area contributed by atoms with Crippen molar-refractivity contribution in [2.75, 3.05) is 6.61 Å². The van der Waals surface area contributed by atoms with E-state index in [0.717, 1.165) is 0 Å². The lowest BCUT2D eigenvalue weighted by molar-refractivity contribution is 0.0526. The third-order valence-electron chi connectivity index (χ3n) is 1.94. The minimum absolute atomic E-state index is 0.323. The molecule has 6 heteroatoms. The van der Waals surface area contributed by atoms with Crippen LogP contribution in [0.5, 0.6) is 0 Å². The van der Waals surface area contributed by atoms with Gasteiger partial charge in [-0.15, -0.1) is 5.10 Å². The molecule has 15 heavy (non-hydrogen) atoms. The number of hydrogen-bond donors (Lipinski definition) is 1. The second-order valence-corrected chi connectivity index (χ2v) is 2.90. The van der Waals surface area contributed by atoms with Crippen molar-refractivity contribution in [3.05, 3.63) is 23.8 Å². The summed E-state index contributed by atoms with van der Waals surface area (Å²) in [5.74, 6) is -0.410. The molecule has 0 saturated heterocycles. The van der Waals surface area contributed by atoms with Crippen LogP contribution < -0.4 is 0 Å². The highest BCUT2D eigenvalue weighted by Gasteiger charge is 2.10. The van der Waals surface area contributed by atoms with Gasteiger partial charge >= 0.3 is 5.97 Å². The van der Waals surface area contributed by atoms with Crippen molar-refractivity contribution in [1.29, 1.82) is 0 Å². The fraction of sp³-hybridized carbons (Fsp3) is 0.222. The molecule has 6 nitrogen and oxygen atoms in total. The summed E-state index contributed by atoms with van der Waals surface area (Å²) in [7, 11) is 0. The zero-order valence-electron chi connectivity index (χ0n) is 8.04. The highest BCUT2D eigenvalue weighted by molar-refractivity contribution is 5.93. The summed E-state index contributed by atoms with van der Waals surface area (Å²) in [5.41, 5.74) is 1.29. The van der Waals surface area contributed by atoms with E-state index in [9.17, 15) is 10.0 Å². The summed E-state index contributed by atoms with van der Waals surface area (Å²) in [6.07, 6.45) is 0. The Balaban J connectivity index is 2.43. The van der Waals surface area contributed by atoms with Gasteiger partial charge in [0, 0.05) is 0 Å². The van der Waals surface area contributed by atoms with Crippen molar-refractivity contribution in [2.45, 2.75) is 6.92 Å². The zero-order chi connectivity index (χ0) is 10.8. The fourth-order valence-corrected chi connectivity index (χ4v) is 1.25. The second-order valence-electron chi connectivity index (χ2n) is 2.90. The zero-order valence-corrected chi connectivity index (χ0v) is 8.04. The van der Waals surface area contributed by atoms with Crippen LogP contribution in [0.3, 0.4) is 0 Å². The second kappa shape index (κ2) is 3.56. The van der Waals surface area contributed by atoms with E-state index in [1.54, 1.807) is 19.1 Å². The summed E-state index contributed by atoms with van der Waals surface area (Å²) in [6.45, 7) is 2.06. The van der Waals surface area contributed by atoms with E-state index in [-0.39, 0.29) is 0 Å². The lowest BCUT2D eigenvalue weighted by Crippen LogP contribution is -2.04. The van der Waals surface area contributed by atoms with Crippen molar-refractivity contribution >= 4 is 17.0 Å². The van der Waals surface area contributed by atoms with Crippen molar-refractivity contribution < 1.29 is 14.7 Å². The molecular weight excluding hydrogens is 198 g/mol. The summed E-state index contributed by atoms with van der Waals surface area (Å²) in [6, 6.07) is 4.63. The van der Waals surface area contributed by atoms with Gasteiger partial charge in [0.1, 0.15) is 11.0 Å². The van der Waals surface area contributed by atoms with Crippen LogP contribution >= 0.6 is 0 Å². The molecule has 0 aliphatic rings. The lowest BCUT2D eigenvalue weighted by atomic mass is 10.2. The lowest BCUT2D eigenvalue weighted by Gasteiger charge is -2.00. The van der Waals surface area contributed by atoms with Gasteiger partial charge in [-0.05, 0) is 30.3 Å². The van der Waals surface area contributed by atoms with Gasteiger partial charge in [0.25, 0.3) is 0 Å². The van der Waals surface area contributed by atoms with Crippen LogP contribution in [-0.2, 0) is 4.74 Å². The summed E-state index contributed by atoms with van der Waals surface area (Å²) < 4.78 is 4.83. The van der Waals surface area contributed by atoms with Gasteiger partial charge in [0.2, 0.25) is 0 Å². The molecule has 0 spiro atoms. The molecule has 0 aliphatic carbocycles. The molecule has 0 saturated carbocycles. The number of benzene rings is 1. The van der Waals surface area contributed by atoms with Gasteiger partial charge in [-0.25, -0.2) is 4.79 Å². The number of aromatic nitrogens is 3. The molecule has 1 N–H and O–H groups in total. The molecule has 0 unspecified atom stereocenters. The average Bonchev–Trinajstić information content (AvgIpc) is 2.60. The van der Waals surface area contributed by atoms with Gasteiger partial charge in [0.05, 0.1) is 12.2 Å². The Morgan fingerprint density at radius 1 is 1.60 bits per heavy atom. The normalized spacial score (nSPS) is 10.5. The smallest absolute Gasteiger partial charge is 0.338 e. The Morgan fingerprint density at radius 2 is 2.40 bits per heavy atom. The number of rotatable bonds is 2. The van der Waals surface area contributed by atoms with E-state index in [0.29, 0.717) is 28.0 Å². The highest BCUT2D eigenvalue weighted by Crippen LogP contribution is 2.12. The fourth-order valence-electron chi connectivity index (χ4n) is 1.25. The van der Waals surface area contributed by atoms with Crippen LogP contribution in [0.4, 0.5) is 0 Å². The molecule has 0 amide bonds. The minimum atomic E-state index is -0.410. The first-order chi connectivity index (χ1) is 7.22. The molecular formula is C9H9N3O3. The number of hydrogen-bond acceptors (Lipinski definition) is 5. The average molecular weight is 207 g/mol. The Bertz CT molecular complexity index is 506. The molecule has 0 aliphatic heterocycles. The highest BCUT2D eigenvalue weighted by atomic mass is 16.5. The van der Waals surface area contributed by atoms with Crippen LogP contribution in [0, 0.1) is 0 Å². The predicted octanol–water partition coefficient (Wildman–Crippen LogP) is 0.845. The van der Waals surface area contributed by atoms with Gasteiger partial charge in [-0.2, -0.15) is 0 Å². The van der Waals surface area contributed by atoms with Crippen LogP contribution in [0.15, 0.2) is 18.2 Å². The molecule has 0 fully saturated rings. The van der Waals surface area contributed by atoms with E-state index in [2.05, 4.69) is 10.3 Å². The maximum atomic E-state index is 11.4. The first-order valence-corrected chi connectivity index (χ1v) is 4.44. The van der Waals surface area contributed by atoms with Crippen LogP contribution in [0.2, 0.25) is 0 Å². The first-order valence-electron chi connectivity index (χ1n) is 4.44. The molecule has 0 atom stereocenters. The van der Waals surface area contributed by atoms with Gasteiger partial charge in [-0.1, -0.05) is 4.85 Å². The summed E-state index contributed by atoms with van der Waals surface area (Å²) >= 11 is 0.